The average molecular weight is 290 g/mol. The smallest absolute Gasteiger partial charge is 0.239 e. The van der Waals surface area contributed by atoms with Crippen molar-refractivity contribution in [2.45, 2.75) is 45.6 Å². The number of rotatable bonds is 8. The van der Waals surface area contributed by atoms with Gasteiger partial charge >= 0.3 is 0 Å². The second-order valence-corrected chi connectivity index (χ2v) is 6.47. The Bertz CT molecular complexity index is 414. The van der Waals surface area contributed by atoms with E-state index in [1.807, 2.05) is 20.2 Å². The zero-order valence-electron chi connectivity index (χ0n) is 14.1. The van der Waals surface area contributed by atoms with Gasteiger partial charge in [-0.25, -0.2) is 0 Å². The first-order chi connectivity index (χ1) is 9.91. The maximum Gasteiger partial charge on any atom is 0.239 e. The highest BCUT2D eigenvalue weighted by atomic mass is 16.2. The van der Waals surface area contributed by atoms with Gasteiger partial charge in [-0.3, -0.25) is 4.79 Å². The van der Waals surface area contributed by atoms with E-state index in [4.69, 9.17) is 0 Å². The van der Waals surface area contributed by atoms with Crippen LogP contribution >= 0.6 is 0 Å². The first-order valence-corrected chi connectivity index (χ1v) is 7.91. The fraction of sp³-hybridized carbons (Fsp3) is 0.611. The molecule has 1 rings (SSSR count). The molecular formula is C18H30N2O. The minimum Gasteiger partial charge on any atom is -0.347 e. The Balaban J connectivity index is 2.48. The van der Waals surface area contributed by atoms with Crippen LogP contribution in [0.2, 0.25) is 0 Å². The summed E-state index contributed by atoms with van der Waals surface area (Å²) in [6, 6.07) is 10.5. The molecule has 2 atom stereocenters. The molecule has 0 fully saturated rings. The SMILES string of the molecule is CC(C)CC(NCCC(C)c1ccccc1)C(=O)N(C)C. The molecule has 0 saturated heterocycles. The van der Waals surface area contributed by atoms with E-state index in [1.54, 1.807) is 4.90 Å². The Hall–Kier alpha value is -1.35. The fourth-order valence-corrected chi connectivity index (χ4v) is 2.48. The molecular weight excluding hydrogens is 260 g/mol. The van der Waals surface area contributed by atoms with Crippen molar-refractivity contribution in [3.63, 3.8) is 0 Å². The van der Waals surface area contributed by atoms with Crippen LogP contribution in [0.3, 0.4) is 0 Å². The predicted octanol–water partition coefficient (Wildman–Crippen LogP) is 3.27. The lowest BCUT2D eigenvalue weighted by molar-refractivity contribution is -0.131. The summed E-state index contributed by atoms with van der Waals surface area (Å²) in [6.07, 6.45) is 1.93. The number of amides is 1. The molecule has 0 bridgehead atoms. The fourth-order valence-electron chi connectivity index (χ4n) is 2.48. The molecule has 21 heavy (non-hydrogen) atoms. The maximum atomic E-state index is 12.2. The molecule has 0 saturated carbocycles. The Kier molecular flexibility index (Phi) is 7.44. The lowest BCUT2D eigenvalue weighted by Gasteiger charge is -2.24. The highest BCUT2D eigenvalue weighted by Crippen LogP contribution is 2.18. The molecule has 1 N–H and O–H groups in total. The van der Waals surface area contributed by atoms with Crippen LogP contribution in [0.5, 0.6) is 0 Å². The number of nitrogens with zero attached hydrogens (tertiary/aromatic N) is 1. The van der Waals surface area contributed by atoms with Gasteiger partial charge < -0.3 is 10.2 Å². The summed E-state index contributed by atoms with van der Waals surface area (Å²) >= 11 is 0. The van der Waals surface area contributed by atoms with Gasteiger partial charge in [0.05, 0.1) is 6.04 Å². The van der Waals surface area contributed by atoms with E-state index in [2.05, 4.69) is 50.4 Å². The topological polar surface area (TPSA) is 32.3 Å². The third-order valence-corrected chi connectivity index (χ3v) is 3.78. The molecule has 0 aliphatic rings. The summed E-state index contributed by atoms with van der Waals surface area (Å²) in [7, 11) is 3.65. The van der Waals surface area contributed by atoms with Crippen LogP contribution in [-0.4, -0.2) is 37.5 Å². The van der Waals surface area contributed by atoms with Gasteiger partial charge in [-0.1, -0.05) is 51.1 Å². The van der Waals surface area contributed by atoms with Gasteiger partial charge in [0.15, 0.2) is 0 Å². The number of likely N-dealkylation sites (N-methyl/N-ethyl adjacent to an activating group) is 1. The van der Waals surface area contributed by atoms with E-state index < -0.39 is 0 Å². The van der Waals surface area contributed by atoms with Crippen molar-refractivity contribution in [1.82, 2.24) is 10.2 Å². The highest BCUT2D eigenvalue weighted by molar-refractivity contribution is 5.81. The van der Waals surface area contributed by atoms with Gasteiger partial charge in [0.2, 0.25) is 5.91 Å². The van der Waals surface area contributed by atoms with E-state index >= 15 is 0 Å². The molecule has 0 aliphatic heterocycles. The van der Waals surface area contributed by atoms with Crippen molar-refractivity contribution in [2.24, 2.45) is 5.92 Å². The zero-order chi connectivity index (χ0) is 15.8. The molecule has 3 heteroatoms. The average Bonchev–Trinajstić information content (AvgIpc) is 2.45. The van der Waals surface area contributed by atoms with Crippen LogP contribution in [0.25, 0.3) is 0 Å². The summed E-state index contributed by atoms with van der Waals surface area (Å²) in [5.74, 6) is 1.20. The lowest BCUT2D eigenvalue weighted by Crippen LogP contribution is -2.44. The van der Waals surface area contributed by atoms with Crippen LogP contribution in [0.1, 0.15) is 45.1 Å². The Morgan fingerprint density at radius 2 is 1.76 bits per heavy atom. The number of nitrogens with one attached hydrogen (secondary N) is 1. The van der Waals surface area contributed by atoms with Crippen LogP contribution in [0.15, 0.2) is 30.3 Å². The second kappa shape index (κ2) is 8.83. The summed E-state index contributed by atoms with van der Waals surface area (Å²) in [4.78, 5) is 13.9. The molecule has 0 heterocycles. The van der Waals surface area contributed by atoms with E-state index in [9.17, 15) is 4.79 Å². The quantitative estimate of drug-likeness (QED) is 0.797. The molecule has 0 spiro atoms. The molecule has 1 aromatic carbocycles. The molecule has 3 nitrogen and oxygen atoms in total. The third kappa shape index (κ3) is 6.30. The molecule has 1 amide bonds. The molecule has 0 aromatic heterocycles. The monoisotopic (exact) mass is 290 g/mol. The number of carbonyl (C=O) groups excluding carboxylic acids is 1. The molecule has 118 valence electrons. The molecule has 0 aliphatic carbocycles. The normalized spacial score (nSPS) is 14.0. The predicted molar refractivity (Wildman–Crippen MR) is 89.4 cm³/mol. The molecule has 1 aromatic rings. The van der Waals surface area contributed by atoms with Crippen molar-refractivity contribution in [3.05, 3.63) is 35.9 Å². The number of hydrogen-bond donors (Lipinski definition) is 1. The Morgan fingerprint density at radius 3 is 2.29 bits per heavy atom. The van der Waals surface area contributed by atoms with Gasteiger partial charge in [-0.15, -0.1) is 0 Å². The van der Waals surface area contributed by atoms with Crippen molar-refractivity contribution >= 4 is 5.91 Å². The number of carbonyl (C=O) groups is 1. The van der Waals surface area contributed by atoms with E-state index in [-0.39, 0.29) is 11.9 Å². The van der Waals surface area contributed by atoms with E-state index in [1.165, 1.54) is 5.56 Å². The van der Waals surface area contributed by atoms with Crippen molar-refractivity contribution in [1.29, 1.82) is 0 Å². The second-order valence-electron chi connectivity index (χ2n) is 6.47. The van der Waals surface area contributed by atoms with Crippen molar-refractivity contribution in [2.75, 3.05) is 20.6 Å². The number of benzene rings is 1. The van der Waals surface area contributed by atoms with Gasteiger partial charge in [0.25, 0.3) is 0 Å². The van der Waals surface area contributed by atoms with Gasteiger partial charge in [0, 0.05) is 14.1 Å². The van der Waals surface area contributed by atoms with Crippen LogP contribution in [0.4, 0.5) is 0 Å². The van der Waals surface area contributed by atoms with Crippen molar-refractivity contribution in [3.8, 4) is 0 Å². The van der Waals surface area contributed by atoms with Gasteiger partial charge in [-0.05, 0) is 36.8 Å². The molecule has 0 radical (unpaired) electrons. The van der Waals surface area contributed by atoms with E-state index in [0.29, 0.717) is 11.8 Å². The Morgan fingerprint density at radius 1 is 1.14 bits per heavy atom. The van der Waals surface area contributed by atoms with Gasteiger partial charge in [-0.2, -0.15) is 0 Å². The minimum atomic E-state index is -0.0667. The van der Waals surface area contributed by atoms with Crippen LogP contribution in [0, 0.1) is 5.92 Å². The highest BCUT2D eigenvalue weighted by Gasteiger charge is 2.20. The largest absolute Gasteiger partial charge is 0.347 e. The van der Waals surface area contributed by atoms with Crippen molar-refractivity contribution < 1.29 is 4.79 Å². The first kappa shape index (κ1) is 17.7. The number of hydrogen-bond acceptors (Lipinski definition) is 2. The summed E-state index contributed by atoms with van der Waals surface area (Å²) in [6.45, 7) is 7.42. The Labute approximate surface area is 129 Å². The third-order valence-electron chi connectivity index (χ3n) is 3.78. The maximum absolute atomic E-state index is 12.2. The lowest BCUT2D eigenvalue weighted by atomic mass is 9.97. The van der Waals surface area contributed by atoms with Crippen LogP contribution < -0.4 is 5.32 Å². The zero-order valence-corrected chi connectivity index (χ0v) is 14.1. The minimum absolute atomic E-state index is 0.0667. The van der Waals surface area contributed by atoms with E-state index in [0.717, 1.165) is 19.4 Å². The summed E-state index contributed by atoms with van der Waals surface area (Å²) < 4.78 is 0. The summed E-state index contributed by atoms with van der Waals surface area (Å²) in [5.41, 5.74) is 1.36. The van der Waals surface area contributed by atoms with Crippen LogP contribution in [-0.2, 0) is 4.79 Å². The standard InChI is InChI=1S/C18H30N2O/c1-14(2)13-17(18(21)20(4)5)19-12-11-15(3)16-9-7-6-8-10-16/h6-10,14-15,17,19H,11-13H2,1-5H3. The summed E-state index contributed by atoms with van der Waals surface area (Å²) in [5, 5.41) is 3.44. The molecule has 2 unspecified atom stereocenters. The first-order valence-electron chi connectivity index (χ1n) is 7.91. The van der Waals surface area contributed by atoms with Gasteiger partial charge in [0.1, 0.15) is 0 Å².